The maximum atomic E-state index is 12.2. The molecule has 3 aromatic rings. The number of hydrogen-bond donors (Lipinski definition) is 1. The Hall–Kier alpha value is -3.09. The molecule has 1 saturated heterocycles. The van der Waals surface area contributed by atoms with Crippen molar-refractivity contribution in [2.75, 3.05) is 58.8 Å². The van der Waals surface area contributed by atoms with Gasteiger partial charge >= 0.3 is 5.97 Å². The number of carboxylic acid groups (broad SMARTS) is 1. The highest BCUT2D eigenvalue weighted by molar-refractivity contribution is 5.97. The van der Waals surface area contributed by atoms with Crippen molar-refractivity contribution in [2.45, 2.75) is 6.54 Å². The van der Waals surface area contributed by atoms with Crippen LogP contribution in [0.15, 0.2) is 60.7 Å². The number of benzene rings is 2. The molecular weight excluding hydrogens is 400 g/mol. The van der Waals surface area contributed by atoms with E-state index in [2.05, 4.69) is 50.6 Å². The lowest BCUT2D eigenvalue weighted by atomic mass is 10.1. The van der Waals surface area contributed by atoms with Gasteiger partial charge in [0.25, 0.3) is 0 Å². The molecule has 0 amide bonds. The van der Waals surface area contributed by atoms with Crippen LogP contribution in [-0.2, 0) is 6.54 Å². The van der Waals surface area contributed by atoms with Crippen molar-refractivity contribution in [2.24, 2.45) is 0 Å². The van der Waals surface area contributed by atoms with Crippen LogP contribution in [0.5, 0.6) is 0 Å². The van der Waals surface area contributed by atoms with Crippen LogP contribution in [0.1, 0.15) is 10.4 Å². The van der Waals surface area contributed by atoms with E-state index in [-0.39, 0.29) is 0 Å². The number of rotatable bonds is 7. The molecule has 2 aromatic carbocycles. The first-order chi connectivity index (χ1) is 15.4. The standard InChI is InChI=1S/C26H32N4O2/c1-27(2)22-11-9-20(10-12-22)24-19-23(26(31)32)25(21-7-5-4-6-8-21)30(24)18-17-29-15-13-28(3)14-16-29/h4-12,19H,13-18H2,1-3H3,(H,31,32). The summed E-state index contributed by atoms with van der Waals surface area (Å²) in [7, 11) is 6.19. The Bertz CT molecular complexity index is 1050. The predicted octanol–water partition coefficient (Wildman–Crippen LogP) is 3.83. The second-order valence-corrected chi connectivity index (χ2v) is 8.70. The van der Waals surface area contributed by atoms with Gasteiger partial charge in [0.2, 0.25) is 0 Å². The molecule has 0 saturated carbocycles. The smallest absolute Gasteiger partial charge is 0.337 e. The maximum absolute atomic E-state index is 12.2. The fourth-order valence-corrected chi connectivity index (χ4v) is 4.33. The molecule has 0 radical (unpaired) electrons. The van der Waals surface area contributed by atoms with E-state index in [0.717, 1.165) is 67.5 Å². The van der Waals surface area contributed by atoms with Crippen LogP contribution in [0.4, 0.5) is 5.69 Å². The molecule has 1 fully saturated rings. The monoisotopic (exact) mass is 432 g/mol. The lowest BCUT2D eigenvalue weighted by Crippen LogP contribution is -2.45. The first kappa shape index (κ1) is 22.1. The molecule has 0 unspecified atom stereocenters. The largest absolute Gasteiger partial charge is 0.478 e. The van der Waals surface area contributed by atoms with Gasteiger partial charge in [-0.1, -0.05) is 42.5 Å². The molecule has 32 heavy (non-hydrogen) atoms. The number of carboxylic acids is 1. The van der Waals surface area contributed by atoms with Crippen molar-refractivity contribution in [1.29, 1.82) is 0 Å². The molecule has 1 aliphatic rings. The van der Waals surface area contributed by atoms with Crippen molar-refractivity contribution >= 4 is 11.7 Å². The van der Waals surface area contributed by atoms with Gasteiger partial charge in [0.15, 0.2) is 0 Å². The zero-order valence-electron chi connectivity index (χ0n) is 19.2. The molecule has 1 aliphatic heterocycles. The van der Waals surface area contributed by atoms with Gasteiger partial charge in [-0.05, 0) is 36.4 Å². The van der Waals surface area contributed by atoms with Crippen molar-refractivity contribution < 1.29 is 9.90 Å². The fourth-order valence-electron chi connectivity index (χ4n) is 4.33. The summed E-state index contributed by atoms with van der Waals surface area (Å²) in [4.78, 5) is 19.1. The highest BCUT2D eigenvalue weighted by Crippen LogP contribution is 2.34. The SMILES string of the molecule is CN1CCN(CCn2c(-c3ccc(N(C)C)cc3)cc(C(=O)O)c2-c2ccccc2)CC1. The van der Waals surface area contributed by atoms with Crippen LogP contribution >= 0.6 is 0 Å². The van der Waals surface area contributed by atoms with E-state index in [9.17, 15) is 9.90 Å². The topological polar surface area (TPSA) is 52.0 Å². The molecule has 0 bridgehead atoms. The summed E-state index contributed by atoms with van der Waals surface area (Å²) in [6, 6.07) is 20.0. The van der Waals surface area contributed by atoms with Crippen molar-refractivity contribution in [1.82, 2.24) is 14.4 Å². The third-order valence-electron chi connectivity index (χ3n) is 6.29. The minimum atomic E-state index is -0.895. The van der Waals surface area contributed by atoms with Crippen LogP contribution < -0.4 is 4.90 Å². The number of nitrogens with zero attached hydrogens (tertiary/aromatic N) is 4. The summed E-state index contributed by atoms with van der Waals surface area (Å²) in [5.41, 5.74) is 5.14. The Labute approximate surface area is 190 Å². The number of anilines is 1. The normalized spacial score (nSPS) is 15.1. The summed E-state index contributed by atoms with van der Waals surface area (Å²) < 4.78 is 2.20. The summed E-state index contributed by atoms with van der Waals surface area (Å²) in [6.45, 7) is 5.84. The van der Waals surface area contributed by atoms with E-state index in [0.29, 0.717) is 5.56 Å². The van der Waals surface area contributed by atoms with Gasteiger partial charge in [0, 0.05) is 64.7 Å². The minimum absolute atomic E-state index is 0.348. The van der Waals surface area contributed by atoms with Crippen LogP contribution in [0.2, 0.25) is 0 Å². The van der Waals surface area contributed by atoms with Gasteiger partial charge in [0.05, 0.1) is 11.3 Å². The van der Waals surface area contributed by atoms with Gasteiger partial charge in [-0.3, -0.25) is 4.90 Å². The van der Waals surface area contributed by atoms with E-state index in [4.69, 9.17) is 0 Å². The molecule has 2 heterocycles. The number of carbonyl (C=O) groups is 1. The number of piperazine rings is 1. The van der Waals surface area contributed by atoms with Gasteiger partial charge < -0.3 is 19.5 Å². The van der Waals surface area contributed by atoms with Crippen molar-refractivity contribution in [3.05, 3.63) is 66.2 Å². The summed E-state index contributed by atoms with van der Waals surface area (Å²) in [5.74, 6) is -0.895. The van der Waals surface area contributed by atoms with Gasteiger partial charge in [-0.2, -0.15) is 0 Å². The number of likely N-dealkylation sites (N-methyl/N-ethyl adjacent to an activating group) is 1. The van der Waals surface area contributed by atoms with E-state index >= 15 is 0 Å². The lowest BCUT2D eigenvalue weighted by molar-refractivity contribution is 0.0697. The molecule has 4 rings (SSSR count). The molecule has 6 nitrogen and oxygen atoms in total. The second-order valence-electron chi connectivity index (χ2n) is 8.70. The molecule has 1 aromatic heterocycles. The lowest BCUT2D eigenvalue weighted by Gasteiger charge is -2.32. The van der Waals surface area contributed by atoms with Crippen LogP contribution in [0, 0.1) is 0 Å². The highest BCUT2D eigenvalue weighted by atomic mass is 16.4. The van der Waals surface area contributed by atoms with Gasteiger partial charge in [-0.15, -0.1) is 0 Å². The zero-order chi connectivity index (χ0) is 22.7. The first-order valence-electron chi connectivity index (χ1n) is 11.1. The quantitative estimate of drug-likeness (QED) is 0.615. The maximum Gasteiger partial charge on any atom is 0.337 e. The van der Waals surface area contributed by atoms with Crippen LogP contribution in [-0.4, -0.2) is 79.3 Å². The average Bonchev–Trinajstić information content (AvgIpc) is 3.19. The van der Waals surface area contributed by atoms with Crippen LogP contribution in [0.3, 0.4) is 0 Å². The highest BCUT2D eigenvalue weighted by Gasteiger charge is 2.23. The van der Waals surface area contributed by atoms with E-state index in [1.54, 1.807) is 0 Å². The Balaban J connectivity index is 1.76. The average molecular weight is 433 g/mol. The Morgan fingerprint density at radius 3 is 2.16 bits per heavy atom. The summed E-state index contributed by atoms with van der Waals surface area (Å²) in [6.07, 6.45) is 0. The van der Waals surface area contributed by atoms with Gasteiger partial charge in [0.1, 0.15) is 0 Å². The van der Waals surface area contributed by atoms with E-state index in [1.807, 2.05) is 50.5 Å². The van der Waals surface area contributed by atoms with Crippen molar-refractivity contribution in [3.8, 4) is 22.5 Å². The fraction of sp³-hybridized carbons (Fsp3) is 0.346. The van der Waals surface area contributed by atoms with Gasteiger partial charge in [-0.25, -0.2) is 4.79 Å². The summed E-state index contributed by atoms with van der Waals surface area (Å²) in [5, 5.41) is 10.0. The minimum Gasteiger partial charge on any atom is -0.478 e. The number of aromatic nitrogens is 1. The predicted molar refractivity (Wildman–Crippen MR) is 131 cm³/mol. The number of hydrogen-bond acceptors (Lipinski definition) is 4. The molecule has 0 spiro atoms. The molecular formula is C26H32N4O2. The molecule has 1 N–H and O–H groups in total. The third-order valence-corrected chi connectivity index (χ3v) is 6.29. The van der Waals surface area contributed by atoms with Crippen LogP contribution in [0.25, 0.3) is 22.5 Å². The Morgan fingerprint density at radius 2 is 1.56 bits per heavy atom. The van der Waals surface area contributed by atoms with Crippen molar-refractivity contribution in [3.63, 3.8) is 0 Å². The van der Waals surface area contributed by atoms with E-state index < -0.39 is 5.97 Å². The Kier molecular flexibility index (Phi) is 6.63. The molecule has 6 heteroatoms. The Morgan fingerprint density at radius 1 is 0.906 bits per heavy atom. The second kappa shape index (κ2) is 9.59. The molecule has 0 atom stereocenters. The summed E-state index contributed by atoms with van der Waals surface area (Å²) >= 11 is 0. The number of aromatic carboxylic acids is 1. The molecule has 0 aliphatic carbocycles. The third kappa shape index (κ3) is 4.71. The van der Waals surface area contributed by atoms with E-state index in [1.165, 1.54) is 0 Å². The molecule has 168 valence electrons. The zero-order valence-corrected chi connectivity index (χ0v) is 19.2. The first-order valence-corrected chi connectivity index (χ1v) is 11.1.